The van der Waals surface area contributed by atoms with E-state index in [4.69, 9.17) is 10.2 Å². The Balaban J connectivity index is 5.02. The Bertz CT molecular complexity index is 358. The predicted octanol–water partition coefficient (Wildman–Crippen LogP) is 1.62. The van der Waals surface area contributed by atoms with E-state index in [1.165, 1.54) is 6.08 Å². The predicted molar refractivity (Wildman–Crippen MR) is 69.4 cm³/mol. The highest BCUT2D eigenvalue weighted by atomic mass is 16.4. The van der Waals surface area contributed by atoms with Crippen LogP contribution in [0.15, 0.2) is 23.8 Å². The van der Waals surface area contributed by atoms with E-state index < -0.39 is 17.9 Å². The standard InChI is InChI=1S/C13H21NO4/c1-5-10(13(17)18)8-11(6-7-14(3)4)9(2)12(15)16/h8,11H,2,5-7H2,1,3-4H3,(H,15,16)(H,17,18). The van der Waals surface area contributed by atoms with Crippen LogP contribution in [0.4, 0.5) is 0 Å². The second-order valence-electron chi connectivity index (χ2n) is 4.38. The Morgan fingerprint density at radius 2 is 1.83 bits per heavy atom. The smallest absolute Gasteiger partial charge is 0.331 e. The molecule has 1 atom stereocenters. The molecule has 0 aliphatic rings. The number of allylic oxidation sites excluding steroid dienone is 1. The van der Waals surface area contributed by atoms with Gasteiger partial charge < -0.3 is 15.1 Å². The number of carboxylic acids is 2. The normalized spacial score (nSPS) is 13.4. The third kappa shape index (κ3) is 5.63. The summed E-state index contributed by atoms with van der Waals surface area (Å²) in [5, 5.41) is 17.9. The summed E-state index contributed by atoms with van der Waals surface area (Å²) in [6.07, 6.45) is 2.40. The van der Waals surface area contributed by atoms with Crippen molar-refractivity contribution in [3.05, 3.63) is 23.8 Å². The third-order valence-electron chi connectivity index (χ3n) is 2.67. The highest BCUT2D eigenvalue weighted by molar-refractivity contribution is 5.89. The molecule has 0 aromatic heterocycles. The van der Waals surface area contributed by atoms with Crippen molar-refractivity contribution in [2.75, 3.05) is 20.6 Å². The Kier molecular flexibility index (Phi) is 6.97. The summed E-state index contributed by atoms with van der Waals surface area (Å²) in [6.45, 7) is 5.92. The van der Waals surface area contributed by atoms with Crippen molar-refractivity contribution in [3.8, 4) is 0 Å². The molecule has 0 radical (unpaired) electrons. The van der Waals surface area contributed by atoms with Gasteiger partial charge in [-0.3, -0.25) is 0 Å². The maximum Gasteiger partial charge on any atom is 0.331 e. The minimum absolute atomic E-state index is 0.0315. The third-order valence-corrected chi connectivity index (χ3v) is 2.67. The van der Waals surface area contributed by atoms with Crippen LogP contribution in [0.5, 0.6) is 0 Å². The van der Waals surface area contributed by atoms with Crippen LogP contribution < -0.4 is 0 Å². The molecule has 0 heterocycles. The van der Waals surface area contributed by atoms with Gasteiger partial charge in [-0.25, -0.2) is 9.59 Å². The molecule has 1 unspecified atom stereocenters. The lowest BCUT2D eigenvalue weighted by Crippen LogP contribution is -2.20. The lowest BCUT2D eigenvalue weighted by Gasteiger charge is -2.17. The quantitative estimate of drug-likeness (QED) is 0.644. The molecule has 2 N–H and O–H groups in total. The van der Waals surface area contributed by atoms with E-state index in [0.29, 0.717) is 19.4 Å². The number of hydrogen-bond donors (Lipinski definition) is 2. The van der Waals surface area contributed by atoms with E-state index in [-0.39, 0.29) is 11.1 Å². The molecular formula is C13H21NO4. The highest BCUT2D eigenvalue weighted by Gasteiger charge is 2.18. The fourth-order valence-electron chi connectivity index (χ4n) is 1.50. The molecular weight excluding hydrogens is 234 g/mol. The molecule has 0 aromatic carbocycles. The van der Waals surface area contributed by atoms with Crippen LogP contribution in [-0.4, -0.2) is 47.7 Å². The van der Waals surface area contributed by atoms with E-state index in [9.17, 15) is 9.59 Å². The van der Waals surface area contributed by atoms with Gasteiger partial charge in [0, 0.05) is 17.1 Å². The van der Waals surface area contributed by atoms with Gasteiger partial charge in [-0.2, -0.15) is 0 Å². The van der Waals surface area contributed by atoms with Gasteiger partial charge in [0.15, 0.2) is 0 Å². The minimum Gasteiger partial charge on any atom is -0.478 e. The summed E-state index contributed by atoms with van der Waals surface area (Å²) in [4.78, 5) is 23.8. The molecule has 0 aromatic rings. The summed E-state index contributed by atoms with van der Waals surface area (Å²) >= 11 is 0. The van der Waals surface area contributed by atoms with Gasteiger partial charge in [0.1, 0.15) is 0 Å². The zero-order chi connectivity index (χ0) is 14.3. The molecule has 0 bridgehead atoms. The highest BCUT2D eigenvalue weighted by Crippen LogP contribution is 2.19. The summed E-state index contributed by atoms with van der Waals surface area (Å²) < 4.78 is 0. The van der Waals surface area contributed by atoms with Crippen molar-refractivity contribution in [1.29, 1.82) is 0 Å². The molecule has 5 heteroatoms. The molecule has 0 spiro atoms. The zero-order valence-electron chi connectivity index (χ0n) is 11.1. The van der Waals surface area contributed by atoms with Crippen molar-refractivity contribution < 1.29 is 19.8 Å². The average Bonchev–Trinajstić information content (AvgIpc) is 2.27. The van der Waals surface area contributed by atoms with E-state index in [1.807, 2.05) is 19.0 Å². The molecule has 0 rings (SSSR count). The molecule has 0 aliphatic heterocycles. The molecule has 0 saturated heterocycles. The molecule has 102 valence electrons. The number of rotatable bonds is 8. The molecule has 18 heavy (non-hydrogen) atoms. The van der Waals surface area contributed by atoms with Gasteiger partial charge in [0.05, 0.1) is 0 Å². The number of hydrogen-bond acceptors (Lipinski definition) is 3. The first-order valence-electron chi connectivity index (χ1n) is 5.80. The van der Waals surface area contributed by atoms with Crippen molar-refractivity contribution in [2.24, 2.45) is 5.92 Å². The molecule has 0 saturated carbocycles. The van der Waals surface area contributed by atoms with Crippen molar-refractivity contribution >= 4 is 11.9 Å². The molecule has 5 nitrogen and oxygen atoms in total. The van der Waals surface area contributed by atoms with Crippen molar-refractivity contribution in [2.45, 2.75) is 19.8 Å². The summed E-state index contributed by atoms with van der Waals surface area (Å²) in [7, 11) is 3.75. The Morgan fingerprint density at radius 1 is 1.28 bits per heavy atom. The van der Waals surface area contributed by atoms with Crippen LogP contribution in [0.2, 0.25) is 0 Å². The van der Waals surface area contributed by atoms with E-state index in [0.717, 1.165) is 0 Å². The topological polar surface area (TPSA) is 77.8 Å². The molecule has 0 fully saturated rings. The van der Waals surface area contributed by atoms with Crippen LogP contribution in [0, 0.1) is 5.92 Å². The van der Waals surface area contributed by atoms with E-state index >= 15 is 0 Å². The van der Waals surface area contributed by atoms with Gasteiger partial charge in [0.25, 0.3) is 0 Å². The Hall–Kier alpha value is -1.62. The fraction of sp³-hybridized carbons (Fsp3) is 0.538. The second-order valence-corrected chi connectivity index (χ2v) is 4.38. The number of aliphatic carboxylic acids is 2. The fourth-order valence-corrected chi connectivity index (χ4v) is 1.50. The summed E-state index contributed by atoms with van der Waals surface area (Å²) in [5.74, 6) is -2.54. The summed E-state index contributed by atoms with van der Waals surface area (Å²) in [5.41, 5.74) is 0.255. The second kappa shape index (κ2) is 7.66. The van der Waals surface area contributed by atoms with E-state index in [2.05, 4.69) is 6.58 Å². The van der Waals surface area contributed by atoms with Crippen LogP contribution in [-0.2, 0) is 9.59 Å². The number of carbonyl (C=O) groups is 2. The van der Waals surface area contributed by atoms with Crippen molar-refractivity contribution in [1.82, 2.24) is 4.90 Å². The molecule has 0 aliphatic carbocycles. The largest absolute Gasteiger partial charge is 0.478 e. The maximum absolute atomic E-state index is 10.9. The van der Waals surface area contributed by atoms with Crippen LogP contribution in [0.3, 0.4) is 0 Å². The first-order chi connectivity index (χ1) is 8.29. The molecule has 0 amide bonds. The van der Waals surface area contributed by atoms with Crippen LogP contribution >= 0.6 is 0 Å². The Labute approximate surface area is 107 Å². The van der Waals surface area contributed by atoms with Crippen LogP contribution in [0.1, 0.15) is 19.8 Å². The van der Waals surface area contributed by atoms with E-state index in [1.54, 1.807) is 6.92 Å². The lowest BCUT2D eigenvalue weighted by molar-refractivity contribution is -0.134. The average molecular weight is 255 g/mol. The van der Waals surface area contributed by atoms with Gasteiger partial charge in [-0.15, -0.1) is 0 Å². The van der Waals surface area contributed by atoms with Crippen LogP contribution in [0.25, 0.3) is 0 Å². The van der Waals surface area contributed by atoms with Gasteiger partial charge in [0.2, 0.25) is 0 Å². The Morgan fingerprint density at radius 3 is 2.17 bits per heavy atom. The van der Waals surface area contributed by atoms with Crippen molar-refractivity contribution in [3.63, 3.8) is 0 Å². The van der Waals surface area contributed by atoms with Gasteiger partial charge >= 0.3 is 11.9 Å². The monoisotopic (exact) mass is 255 g/mol. The maximum atomic E-state index is 10.9. The SMILES string of the molecule is C=C(C(=O)O)C(C=C(CC)C(=O)O)CCN(C)C. The first-order valence-corrected chi connectivity index (χ1v) is 5.80. The lowest BCUT2D eigenvalue weighted by atomic mass is 9.93. The van der Waals surface area contributed by atoms with Gasteiger partial charge in [-0.1, -0.05) is 19.6 Å². The summed E-state index contributed by atoms with van der Waals surface area (Å²) in [6, 6.07) is 0. The number of nitrogens with zero attached hydrogens (tertiary/aromatic N) is 1. The van der Waals surface area contributed by atoms with Gasteiger partial charge in [-0.05, 0) is 33.5 Å². The minimum atomic E-state index is -1.09. The first kappa shape index (κ1) is 16.4. The number of carboxylic acid groups (broad SMARTS) is 2. The zero-order valence-corrected chi connectivity index (χ0v) is 11.1.